The zero-order valence-electron chi connectivity index (χ0n) is 11.4. The van der Waals surface area contributed by atoms with Crippen LogP contribution in [0.3, 0.4) is 0 Å². The molecule has 0 radical (unpaired) electrons. The minimum atomic E-state index is -4.52. The number of nitrogens with one attached hydrogen (secondary N) is 1. The van der Waals surface area contributed by atoms with Crippen molar-refractivity contribution in [2.75, 3.05) is 5.32 Å². The van der Waals surface area contributed by atoms with Gasteiger partial charge in [0.1, 0.15) is 5.82 Å². The van der Waals surface area contributed by atoms with Crippen LogP contribution in [0.15, 0.2) is 6.07 Å². The quantitative estimate of drug-likeness (QED) is 0.816. The maximum absolute atomic E-state index is 12.7. The molecule has 20 heavy (non-hydrogen) atoms. The Morgan fingerprint density at radius 2 is 2.05 bits per heavy atom. The zero-order valence-corrected chi connectivity index (χ0v) is 12.1. The number of anilines is 1. The number of hydrogen-bond acceptors (Lipinski definition) is 3. The van der Waals surface area contributed by atoms with E-state index >= 15 is 0 Å². The lowest BCUT2D eigenvalue weighted by Gasteiger charge is -2.35. The standard InChI is InChI=1S/C13H17ClF3N3/c1-12(2)5-3-4-8(7-12)18-10-6-9(13(15,16)17)19-11(14)20-10/h6,8H,3-5,7H2,1-2H3,(H,18,19,20). The van der Waals surface area contributed by atoms with E-state index in [1.807, 2.05) is 0 Å². The van der Waals surface area contributed by atoms with Crippen LogP contribution in [0.2, 0.25) is 5.28 Å². The molecule has 1 heterocycles. The Hall–Kier alpha value is -1.04. The van der Waals surface area contributed by atoms with Gasteiger partial charge in [0, 0.05) is 12.1 Å². The molecule has 1 N–H and O–H groups in total. The van der Waals surface area contributed by atoms with Crippen LogP contribution < -0.4 is 5.32 Å². The second kappa shape index (κ2) is 5.39. The van der Waals surface area contributed by atoms with Crippen LogP contribution in [0.25, 0.3) is 0 Å². The van der Waals surface area contributed by atoms with Crippen LogP contribution in [0.1, 0.15) is 45.2 Å². The summed E-state index contributed by atoms with van der Waals surface area (Å²) in [6.45, 7) is 4.32. The van der Waals surface area contributed by atoms with E-state index in [9.17, 15) is 13.2 Å². The van der Waals surface area contributed by atoms with E-state index in [-0.39, 0.29) is 17.3 Å². The molecule has 0 saturated heterocycles. The van der Waals surface area contributed by atoms with Crippen LogP contribution in [-0.2, 0) is 6.18 Å². The highest BCUT2D eigenvalue weighted by Gasteiger charge is 2.34. The normalized spacial score (nSPS) is 22.6. The molecule has 2 rings (SSSR count). The van der Waals surface area contributed by atoms with E-state index in [2.05, 4.69) is 29.1 Å². The summed E-state index contributed by atoms with van der Waals surface area (Å²) in [5.74, 6) is 0.139. The highest BCUT2D eigenvalue weighted by molar-refractivity contribution is 6.28. The Balaban J connectivity index is 2.15. The second-order valence-electron chi connectivity index (χ2n) is 6.01. The first-order chi connectivity index (χ1) is 9.16. The van der Waals surface area contributed by atoms with Crippen molar-refractivity contribution < 1.29 is 13.2 Å². The number of alkyl halides is 3. The lowest BCUT2D eigenvalue weighted by Crippen LogP contribution is -2.32. The highest BCUT2D eigenvalue weighted by Crippen LogP contribution is 2.36. The van der Waals surface area contributed by atoms with Gasteiger partial charge in [-0.2, -0.15) is 13.2 Å². The molecule has 112 valence electrons. The summed E-state index contributed by atoms with van der Waals surface area (Å²) < 4.78 is 38.0. The molecule has 0 bridgehead atoms. The van der Waals surface area contributed by atoms with Crippen LogP contribution in [-0.4, -0.2) is 16.0 Å². The molecular weight excluding hydrogens is 291 g/mol. The molecule has 3 nitrogen and oxygen atoms in total. The molecule has 1 unspecified atom stereocenters. The molecule has 1 saturated carbocycles. The lowest BCUT2D eigenvalue weighted by molar-refractivity contribution is -0.141. The second-order valence-corrected chi connectivity index (χ2v) is 6.35. The fraction of sp³-hybridized carbons (Fsp3) is 0.692. The van der Waals surface area contributed by atoms with Crippen molar-refractivity contribution in [1.82, 2.24) is 9.97 Å². The Morgan fingerprint density at radius 3 is 2.65 bits per heavy atom. The molecule has 0 amide bonds. The fourth-order valence-electron chi connectivity index (χ4n) is 2.67. The highest BCUT2D eigenvalue weighted by atomic mass is 35.5. The summed E-state index contributed by atoms with van der Waals surface area (Å²) in [5.41, 5.74) is -0.824. The van der Waals surface area contributed by atoms with Crippen LogP contribution in [0, 0.1) is 5.41 Å². The van der Waals surface area contributed by atoms with E-state index in [0.29, 0.717) is 0 Å². The summed E-state index contributed by atoms with van der Waals surface area (Å²) >= 11 is 5.57. The molecule has 1 aromatic heterocycles. The topological polar surface area (TPSA) is 37.8 Å². The van der Waals surface area contributed by atoms with E-state index in [0.717, 1.165) is 31.7 Å². The number of aromatic nitrogens is 2. The first-order valence-corrected chi connectivity index (χ1v) is 6.92. The van der Waals surface area contributed by atoms with Crippen molar-refractivity contribution in [2.24, 2.45) is 5.41 Å². The molecule has 1 fully saturated rings. The number of nitrogens with zero attached hydrogens (tertiary/aromatic N) is 2. The average Bonchev–Trinajstić information content (AvgIpc) is 2.25. The van der Waals surface area contributed by atoms with Gasteiger partial charge < -0.3 is 5.32 Å². The summed E-state index contributed by atoms with van der Waals surface area (Å²) in [7, 11) is 0. The largest absolute Gasteiger partial charge is 0.433 e. The SMILES string of the molecule is CC1(C)CCCC(Nc2cc(C(F)(F)F)nc(Cl)n2)C1. The van der Waals surface area contributed by atoms with E-state index < -0.39 is 17.2 Å². The summed E-state index contributed by atoms with van der Waals surface area (Å²) in [6, 6.07) is 1.03. The molecule has 0 spiro atoms. The van der Waals surface area contributed by atoms with Crippen molar-refractivity contribution in [1.29, 1.82) is 0 Å². The third-order valence-electron chi connectivity index (χ3n) is 3.55. The van der Waals surface area contributed by atoms with Crippen LogP contribution in [0.5, 0.6) is 0 Å². The van der Waals surface area contributed by atoms with Crippen molar-refractivity contribution in [3.05, 3.63) is 17.0 Å². The summed E-state index contributed by atoms with van der Waals surface area (Å²) in [6.07, 6.45) is -0.518. The summed E-state index contributed by atoms with van der Waals surface area (Å²) in [4.78, 5) is 7.05. The molecule has 0 aliphatic heterocycles. The molecule has 7 heteroatoms. The maximum Gasteiger partial charge on any atom is 0.433 e. The first kappa shape index (κ1) is 15.4. The zero-order chi connectivity index (χ0) is 15.0. The van der Waals surface area contributed by atoms with E-state index in [1.54, 1.807) is 0 Å². The van der Waals surface area contributed by atoms with Gasteiger partial charge >= 0.3 is 6.18 Å². The van der Waals surface area contributed by atoms with Gasteiger partial charge in [0.05, 0.1) is 0 Å². The first-order valence-electron chi connectivity index (χ1n) is 6.54. The number of hydrogen-bond donors (Lipinski definition) is 1. The predicted octanol–water partition coefficient (Wildman–Crippen LogP) is 4.53. The van der Waals surface area contributed by atoms with Crippen molar-refractivity contribution >= 4 is 17.4 Å². The molecular formula is C13H17ClF3N3. The Bertz CT molecular complexity index is 488. The lowest BCUT2D eigenvalue weighted by atomic mass is 9.75. The van der Waals surface area contributed by atoms with Crippen molar-refractivity contribution in [2.45, 2.75) is 51.7 Å². The Labute approximate surface area is 120 Å². The van der Waals surface area contributed by atoms with Gasteiger partial charge in [0.15, 0.2) is 5.69 Å². The monoisotopic (exact) mass is 307 g/mol. The minimum Gasteiger partial charge on any atom is -0.367 e. The molecule has 0 aromatic carbocycles. The third-order valence-corrected chi connectivity index (χ3v) is 3.72. The Kier molecular flexibility index (Phi) is 4.14. The van der Waals surface area contributed by atoms with Crippen LogP contribution >= 0.6 is 11.6 Å². The smallest absolute Gasteiger partial charge is 0.367 e. The predicted molar refractivity (Wildman–Crippen MR) is 71.7 cm³/mol. The molecule has 1 atom stereocenters. The molecule has 1 aromatic rings. The molecule has 1 aliphatic carbocycles. The van der Waals surface area contributed by atoms with Crippen molar-refractivity contribution in [3.8, 4) is 0 Å². The van der Waals surface area contributed by atoms with Gasteiger partial charge in [-0.05, 0) is 36.3 Å². The summed E-state index contributed by atoms with van der Waals surface area (Å²) in [5, 5.41) is 2.66. The number of halogens is 4. The average molecular weight is 308 g/mol. The Morgan fingerprint density at radius 1 is 1.35 bits per heavy atom. The van der Waals surface area contributed by atoms with Gasteiger partial charge in [-0.15, -0.1) is 0 Å². The third kappa shape index (κ3) is 3.98. The van der Waals surface area contributed by atoms with Gasteiger partial charge in [-0.3, -0.25) is 0 Å². The van der Waals surface area contributed by atoms with Crippen molar-refractivity contribution in [3.63, 3.8) is 0 Å². The van der Waals surface area contributed by atoms with Gasteiger partial charge in [0.25, 0.3) is 0 Å². The van der Waals surface area contributed by atoms with Gasteiger partial charge in [-0.25, -0.2) is 9.97 Å². The van der Waals surface area contributed by atoms with Gasteiger partial charge in [0.2, 0.25) is 5.28 Å². The number of rotatable bonds is 2. The van der Waals surface area contributed by atoms with Crippen LogP contribution in [0.4, 0.5) is 19.0 Å². The maximum atomic E-state index is 12.7. The molecule has 1 aliphatic rings. The fourth-order valence-corrected chi connectivity index (χ4v) is 2.85. The van der Waals surface area contributed by atoms with E-state index in [4.69, 9.17) is 11.6 Å². The van der Waals surface area contributed by atoms with E-state index in [1.165, 1.54) is 0 Å². The minimum absolute atomic E-state index is 0.116. The van der Waals surface area contributed by atoms with Gasteiger partial charge in [-0.1, -0.05) is 20.3 Å².